The molecule has 0 spiro atoms. The Morgan fingerprint density at radius 3 is 2.47 bits per heavy atom. The second kappa shape index (κ2) is 9.37. The van der Waals surface area contributed by atoms with E-state index in [-0.39, 0.29) is 24.1 Å². The molecule has 0 aliphatic carbocycles. The summed E-state index contributed by atoms with van der Waals surface area (Å²) in [6.45, 7) is 4.24. The smallest absolute Gasteiger partial charge is 0.254 e. The van der Waals surface area contributed by atoms with Gasteiger partial charge in [0.1, 0.15) is 17.4 Å². The van der Waals surface area contributed by atoms with Crippen LogP contribution >= 0.6 is 0 Å². The number of fused-ring (bicyclic) bond motifs is 1. The number of amides is 1. The van der Waals surface area contributed by atoms with Crippen molar-refractivity contribution in [1.82, 2.24) is 14.9 Å². The van der Waals surface area contributed by atoms with Gasteiger partial charge in [0.2, 0.25) is 11.8 Å². The predicted octanol–water partition coefficient (Wildman–Crippen LogP) is 5.04. The van der Waals surface area contributed by atoms with E-state index in [2.05, 4.69) is 4.90 Å². The first-order valence-corrected chi connectivity index (χ1v) is 11.6. The van der Waals surface area contributed by atoms with Crippen LogP contribution in [-0.4, -0.2) is 40.4 Å². The fourth-order valence-corrected chi connectivity index (χ4v) is 4.43. The van der Waals surface area contributed by atoms with Gasteiger partial charge in [-0.05, 0) is 74.2 Å². The summed E-state index contributed by atoms with van der Waals surface area (Å²) in [4.78, 5) is 26.5. The largest absolute Gasteiger partial charge is 0.438 e. The normalized spacial score (nSPS) is 15.7. The molecule has 6 nitrogen and oxygen atoms in total. The monoisotopic (exact) mass is 464 g/mol. The van der Waals surface area contributed by atoms with Crippen molar-refractivity contribution in [3.05, 3.63) is 76.5 Å². The molecule has 8 heteroatoms. The molecule has 0 N–H and O–H groups in total. The minimum absolute atomic E-state index is 0.186. The van der Waals surface area contributed by atoms with Gasteiger partial charge in [0, 0.05) is 31.6 Å². The maximum absolute atomic E-state index is 13.8. The zero-order valence-corrected chi connectivity index (χ0v) is 19.1. The Bertz CT molecular complexity index is 1210. The number of halogens is 2. The molecule has 2 aliphatic rings. The minimum atomic E-state index is -0.385. The molecule has 0 radical (unpaired) electrons. The molecule has 0 bridgehead atoms. The molecule has 34 heavy (non-hydrogen) atoms. The summed E-state index contributed by atoms with van der Waals surface area (Å²) in [5, 5.41) is 0. The van der Waals surface area contributed by atoms with Gasteiger partial charge >= 0.3 is 0 Å². The first-order chi connectivity index (χ1) is 16.5. The molecule has 0 unspecified atom stereocenters. The Morgan fingerprint density at radius 2 is 1.74 bits per heavy atom. The van der Waals surface area contributed by atoms with Crippen molar-refractivity contribution < 1.29 is 18.3 Å². The highest BCUT2D eigenvalue weighted by Gasteiger charge is 2.28. The van der Waals surface area contributed by atoms with Crippen molar-refractivity contribution in [3.8, 4) is 11.6 Å². The number of anilines is 1. The predicted molar refractivity (Wildman–Crippen MR) is 124 cm³/mol. The van der Waals surface area contributed by atoms with Crippen LogP contribution in [0.25, 0.3) is 0 Å². The Morgan fingerprint density at radius 1 is 0.971 bits per heavy atom. The zero-order chi connectivity index (χ0) is 23.7. The van der Waals surface area contributed by atoms with E-state index >= 15 is 0 Å². The molecule has 2 aliphatic heterocycles. The van der Waals surface area contributed by atoms with Crippen LogP contribution in [0, 0.1) is 18.6 Å². The maximum Gasteiger partial charge on any atom is 0.254 e. The van der Waals surface area contributed by atoms with Crippen LogP contribution in [0.4, 0.5) is 14.7 Å². The number of nitrogens with zero attached hydrogens (tertiary/aromatic N) is 4. The molecule has 1 fully saturated rings. The third-order valence-corrected chi connectivity index (χ3v) is 6.37. The number of hydrogen-bond acceptors (Lipinski definition) is 5. The van der Waals surface area contributed by atoms with Crippen LogP contribution in [-0.2, 0) is 13.0 Å². The zero-order valence-electron chi connectivity index (χ0n) is 19.1. The summed E-state index contributed by atoms with van der Waals surface area (Å²) in [7, 11) is 0. The maximum atomic E-state index is 13.8. The van der Waals surface area contributed by atoms with Crippen LogP contribution in [0.1, 0.15) is 46.4 Å². The van der Waals surface area contributed by atoms with E-state index in [9.17, 15) is 13.6 Å². The highest BCUT2D eigenvalue weighted by atomic mass is 19.1. The summed E-state index contributed by atoms with van der Waals surface area (Å²) in [5.74, 6) is 0.617. The molecule has 1 amide bonds. The second-order valence-corrected chi connectivity index (χ2v) is 8.80. The SMILES string of the molecule is Cc1cc(Oc2nc(N3CCCCC3)nc3c2CN(C(=O)c2ccc(F)cc2)CC3)ccc1F. The van der Waals surface area contributed by atoms with E-state index in [1.807, 2.05) is 0 Å². The molecule has 3 aromatic rings. The van der Waals surface area contributed by atoms with Gasteiger partial charge in [0.15, 0.2) is 0 Å². The molecule has 1 aromatic heterocycles. The molecule has 1 saturated heterocycles. The number of carbonyl (C=O) groups excluding carboxylic acids is 1. The molecular formula is C26H26F2N4O2. The van der Waals surface area contributed by atoms with Crippen molar-refractivity contribution in [2.24, 2.45) is 0 Å². The Balaban J connectivity index is 1.48. The van der Waals surface area contributed by atoms with Crippen LogP contribution in [0.3, 0.4) is 0 Å². The number of piperidine rings is 1. The molecule has 0 saturated carbocycles. The van der Waals surface area contributed by atoms with Crippen LogP contribution < -0.4 is 9.64 Å². The van der Waals surface area contributed by atoms with E-state index in [1.165, 1.54) is 36.8 Å². The lowest BCUT2D eigenvalue weighted by Crippen LogP contribution is -2.37. The number of ether oxygens (including phenoxy) is 1. The molecule has 5 rings (SSSR count). The number of benzene rings is 2. The summed E-state index contributed by atoms with van der Waals surface area (Å²) in [5.41, 5.74) is 2.49. The third-order valence-electron chi connectivity index (χ3n) is 6.37. The van der Waals surface area contributed by atoms with Gasteiger partial charge in [-0.2, -0.15) is 4.98 Å². The van der Waals surface area contributed by atoms with Gasteiger partial charge in [-0.1, -0.05) is 0 Å². The Kier molecular flexibility index (Phi) is 6.13. The van der Waals surface area contributed by atoms with Gasteiger partial charge in [-0.15, -0.1) is 0 Å². The van der Waals surface area contributed by atoms with Crippen LogP contribution in [0.5, 0.6) is 11.6 Å². The van der Waals surface area contributed by atoms with Gasteiger partial charge in [0.25, 0.3) is 5.91 Å². The standard InChI is InChI=1S/C26H26F2N4O2/c1-17-15-20(9-10-22(17)28)34-24-21-16-32(25(33)18-5-7-19(27)8-6-18)14-11-23(21)29-26(30-24)31-12-3-2-4-13-31/h5-10,15H,2-4,11-14,16H2,1H3. The summed E-state index contributed by atoms with van der Waals surface area (Å²) >= 11 is 0. The van der Waals surface area contributed by atoms with Gasteiger partial charge in [-0.3, -0.25) is 4.79 Å². The fraction of sp³-hybridized carbons (Fsp3) is 0.346. The van der Waals surface area contributed by atoms with E-state index in [1.54, 1.807) is 24.0 Å². The molecule has 0 atom stereocenters. The average molecular weight is 465 g/mol. The lowest BCUT2D eigenvalue weighted by Gasteiger charge is -2.32. The number of aromatic nitrogens is 2. The van der Waals surface area contributed by atoms with E-state index in [4.69, 9.17) is 14.7 Å². The Labute approximate surface area is 197 Å². The van der Waals surface area contributed by atoms with Crippen molar-refractivity contribution in [2.75, 3.05) is 24.5 Å². The van der Waals surface area contributed by atoms with Crippen molar-refractivity contribution in [1.29, 1.82) is 0 Å². The Hall–Kier alpha value is -3.55. The van der Waals surface area contributed by atoms with Crippen molar-refractivity contribution in [2.45, 2.75) is 39.2 Å². The lowest BCUT2D eigenvalue weighted by molar-refractivity contribution is 0.0732. The topological polar surface area (TPSA) is 58.6 Å². The quantitative estimate of drug-likeness (QED) is 0.541. The second-order valence-electron chi connectivity index (χ2n) is 8.80. The molecule has 2 aromatic carbocycles. The van der Waals surface area contributed by atoms with E-state index in [0.717, 1.165) is 37.2 Å². The lowest BCUT2D eigenvalue weighted by atomic mass is 10.0. The van der Waals surface area contributed by atoms with Gasteiger partial charge < -0.3 is 14.5 Å². The number of aryl methyl sites for hydroxylation is 1. The van der Waals surface area contributed by atoms with Gasteiger partial charge in [-0.25, -0.2) is 13.8 Å². The van der Waals surface area contributed by atoms with Crippen molar-refractivity contribution >= 4 is 11.9 Å². The van der Waals surface area contributed by atoms with Crippen molar-refractivity contribution in [3.63, 3.8) is 0 Å². The molecular weight excluding hydrogens is 438 g/mol. The highest BCUT2D eigenvalue weighted by Crippen LogP contribution is 2.33. The van der Waals surface area contributed by atoms with E-state index in [0.29, 0.717) is 41.7 Å². The average Bonchev–Trinajstić information content (AvgIpc) is 2.86. The van der Waals surface area contributed by atoms with Gasteiger partial charge in [0.05, 0.1) is 17.8 Å². The minimum Gasteiger partial charge on any atom is -0.438 e. The number of hydrogen-bond donors (Lipinski definition) is 0. The number of rotatable bonds is 4. The highest BCUT2D eigenvalue weighted by molar-refractivity contribution is 5.94. The number of carbonyl (C=O) groups is 1. The summed E-state index contributed by atoms with van der Waals surface area (Å²) in [6, 6.07) is 10.1. The first-order valence-electron chi connectivity index (χ1n) is 11.6. The fourth-order valence-electron chi connectivity index (χ4n) is 4.43. The summed E-state index contributed by atoms with van der Waals surface area (Å²) in [6.07, 6.45) is 3.94. The first kappa shape index (κ1) is 22.3. The summed E-state index contributed by atoms with van der Waals surface area (Å²) < 4.78 is 33.3. The van der Waals surface area contributed by atoms with E-state index < -0.39 is 0 Å². The molecule has 3 heterocycles. The third kappa shape index (κ3) is 4.58. The molecule has 176 valence electrons. The van der Waals surface area contributed by atoms with Crippen LogP contribution in [0.2, 0.25) is 0 Å². The van der Waals surface area contributed by atoms with Crippen LogP contribution in [0.15, 0.2) is 42.5 Å².